The first-order valence-electron chi connectivity index (χ1n) is 29.9. The van der Waals surface area contributed by atoms with Gasteiger partial charge < -0.3 is 85.3 Å². The number of rotatable bonds is 13. The molecule has 1 aliphatic rings. The number of hydrazine groups is 1. The molecule has 0 unspecified atom stereocenters. The van der Waals surface area contributed by atoms with Crippen molar-refractivity contribution in [2.45, 2.75) is 168 Å². The molecule has 20 N–H and O–H groups in total. The van der Waals surface area contributed by atoms with E-state index in [2.05, 4.69) is 64.0 Å². The Balaban J connectivity index is 2.00. The van der Waals surface area contributed by atoms with Crippen molar-refractivity contribution >= 4 is 82.5 Å². The number of aliphatic hydroxyl groups is 1. The Hall–Kier alpha value is -8.97. The molecule has 31 nitrogen and oxygen atoms in total. The van der Waals surface area contributed by atoms with Crippen molar-refractivity contribution in [1.29, 1.82) is 0 Å². The SMILES string of the molecule is CC[C@H](C)[C@@H]1NC(=O)[C@H](CCC(N)=O)NC(=O)[C@H](C(C)C)NC(=O)[C@@H](N)CCCNC(=O)[C@H](CC(C)C)NC(=O)[C@H](CO)NC(=O)C(=O)Nc2ccc(OC)c(c2)C(=O)NNC(=O)[C@@H](N)CCCNC(=O)[C@H](Cc2ccc(O)cc2)NC(=O)[C@H](C(C)C)NC1=O. The van der Waals surface area contributed by atoms with Crippen LogP contribution in [-0.2, 0) is 64.0 Å². The zero-order valence-corrected chi connectivity index (χ0v) is 52.4. The Bertz CT molecular complexity index is 2850. The molecule has 0 aromatic heterocycles. The van der Waals surface area contributed by atoms with E-state index in [4.69, 9.17) is 21.9 Å². The normalized spacial score (nSPS) is 24.3. The summed E-state index contributed by atoms with van der Waals surface area (Å²) in [7, 11) is 1.24. The monoisotopic (exact) mass is 1270 g/mol. The van der Waals surface area contributed by atoms with E-state index in [0.717, 1.165) is 6.07 Å². The van der Waals surface area contributed by atoms with Crippen LogP contribution in [0.4, 0.5) is 5.69 Å². The molecule has 1 aliphatic heterocycles. The summed E-state index contributed by atoms with van der Waals surface area (Å²) in [4.78, 5) is 176. The van der Waals surface area contributed by atoms with E-state index in [9.17, 15) is 72.5 Å². The summed E-state index contributed by atoms with van der Waals surface area (Å²) < 4.78 is 5.28. The molecule has 0 spiro atoms. The highest BCUT2D eigenvalue weighted by Crippen LogP contribution is 2.23. The lowest BCUT2D eigenvalue weighted by Gasteiger charge is -2.31. The Morgan fingerprint density at radius 2 is 1.09 bits per heavy atom. The van der Waals surface area contributed by atoms with Gasteiger partial charge in [-0.2, -0.15) is 0 Å². The molecule has 90 heavy (non-hydrogen) atoms. The maximum Gasteiger partial charge on any atom is 0.313 e. The predicted octanol–water partition coefficient (Wildman–Crippen LogP) is -3.14. The van der Waals surface area contributed by atoms with Crippen LogP contribution >= 0.6 is 0 Å². The first-order valence-corrected chi connectivity index (χ1v) is 29.9. The van der Waals surface area contributed by atoms with Crippen LogP contribution in [0.15, 0.2) is 42.5 Å². The Labute approximate surface area is 522 Å². The number of anilines is 1. The lowest BCUT2D eigenvalue weighted by molar-refractivity contribution is -0.139. The van der Waals surface area contributed by atoms with Gasteiger partial charge in [0.05, 0.1) is 31.4 Å². The van der Waals surface area contributed by atoms with Gasteiger partial charge in [0, 0.05) is 31.6 Å². The lowest BCUT2D eigenvalue weighted by atomic mass is 9.95. The van der Waals surface area contributed by atoms with Gasteiger partial charge in [-0.05, 0) is 98.1 Å². The molecule has 0 fully saturated rings. The average molecular weight is 1270 g/mol. The third kappa shape index (κ3) is 24.5. The molecule has 13 amide bonds. The number of phenols is 1. The Kier molecular flexibility index (Phi) is 31.1. The van der Waals surface area contributed by atoms with E-state index in [0.29, 0.717) is 12.0 Å². The van der Waals surface area contributed by atoms with E-state index >= 15 is 0 Å². The highest BCUT2D eigenvalue weighted by Gasteiger charge is 2.37. The number of carbonyl (C=O) groups excluding carboxylic acids is 13. The van der Waals surface area contributed by atoms with Crippen LogP contribution in [0.5, 0.6) is 11.5 Å². The summed E-state index contributed by atoms with van der Waals surface area (Å²) in [5.41, 5.74) is 22.4. The van der Waals surface area contributed by atoms with Crippen molar-refractivity contribution in [3.05, 3.63) is 53.6 Å². The second-order valence-electron chi connectivity index (χ2n) is 23.1. The van der Waals surface area contributed by atoms with Crippen molar-refractivity contribution in [2.75, 3.05) is 32.1 Å². The Morgan fingerprint density at radius 3 is 1.62 bits per heavy atom. The summed E-state index contributed by atoms with van der Waals surface area (Å²) in [6.07, 6.45) is -0.290. The van der Waals surface area contributed by atoms with Gasteiger partial charge in [-0.3, -0.25) is 73.2 Å². The van der Waals surface area contributed by atoms with Gasteiger partial charge in [-0.25, -0.2) is 0 Å². The number of methoxy groups -OCH3 is 1. The largest absolute Gasteiger partial charge is 0.508 e. The van der Waals surface area contributed by atoms with Crippen LogP contribution in [0.3, 0.4) is 0 Å². The van der Waals surface area contributed by atoms with Gasteiger partial charge in [0.2, 0.25) is 53.2 Å². The number of aromatic hydroxyl groups is 1. The fraction of sp³-hybridized carbons (Fsp3) is 0.576. The number of ether oxygens (including phenoxy) is 1. The predicted molar refractivity (Wildman–Crippen MR) is 327 cm³/mol. The van der Waals surface area contributed by atoms with Crippen LogP contribution in [0.2, 0.25) is 0 Å². The summed E-state index contributed by atoms with van der Waals surface area (Å²) >= 11 is 0. The second kappa shape index (κ2) is 37.1. The zero-order chi connectivity index (χ0) is 67.5. The molecule has 0 aliphatic carbocycles. The van der Waals surface area contributed by atoms with Gasteiger partial charge in [0.1, 0.15) is 53.8 Å². The highest BCUT2D eigenvalue weighted by molar-refractivity contribution is 6.40. The molecule has 0 radical (unpaired) electrons. The van der Waals surface area contributed by atoms with E-state index < -0.39 is 162 Å². The molecule has 10 atom stereocenters. The van der Waals surface area contributed by atoms with E-state index in [-0.39, 0.29) is 86.7 Å². The van der Waals surface area contributed by atoms with Crippen molar-refractivity contribution < 1.29 is 77.3 Å². The van der Waals surface area contributed by atoms with E-state index in [1.807, 2.05) is 0 Å². The van der Waals surface area contributed by atoms with Gasteiger partial charge in [-0.1, -0.05) is 73.9 Å². The molecule has 498 valence electrons. The van der Waals surface area contributed by atoms with Crippen molar-refractivity contribution in [1.82, 2.24) is 58.7 Å². The maximum absolute atomic E-state index is 14.3. The molecule has 1 heterocycles. The van der Waals surface area contributed by atoms with Gasteiger partial charge >= 0.3 is 11.8 Å². The third-order valence-corrected chi connectivity index (χ3v) is 14.6. The number of carbonyl (C=O) groups is 13. The summed E-state index contributed by atoms with van der Waals surface area (Å²) in [5, 5.41) is 45.6. The molecule has 31 heteroatoms. The van der Waals surface area contributed by atoms with Gasteiger partial charge in [-0.15, -0.1) is 0 Å². The minimum atomic E-state index is -1.74. The minimum absolute atomic E-state index is 0.0311. The minimum Gasteiger partial charge on any atom is -0.508 e. The fourth-order valence-electron chi connectivity index (χ4n) is 9.08. The second-order valence-corrected chi connectivity index (χ2v) is 23.1. The molecule has 2 bridgehead atoms. The topological polar surface area (TPSA) is 494 Å². The van der Waals surface area contributed by atoms with E-state index in [1.165, 1.54) is 43.5 Å². The van der Waals surface area contributed by atoms with Crippen molar-refractivity contribution in [3.63, 3.8) is 0 Å². The van der Waals surface area contributed by atoms with Gasteiger partial charge in [0.15, 0.2) is 0 Å². The number of benzene rings is 2. The molecular formula is C59H91N15O16. The zero-order valence-electron chi connectivity index (χ0n) is 52.4. The standard InChI is InChI=1S/C59H91N15O16/c1-10-32(8)47-57(87)71-46(31(6)7)56(86)68-41(26-33-15-18-35(76)19-16-33)52(82)64-24-12-14-38(61)50(80)74-73-48(78)36-27-34(17-21-43(36)90-9)65-58(88)59(89)69-42(28-75)54(84)67-40(25-29(2)3)51(81)63-23-11-13-37(60)49(79)70-45(30(4)5)55(85)66-39(53(83)72-47)20-22-44(62)77/h15-19,21,27,29-32,37-42,45-47,75-76H,10-14,20,22-26,28,60-61H2,1-9H3,(H2,62,77)(H,63,81)(H,64,82)(H,65,88)(H,66,85)(H,67,84)(H,68,86)(H,69,89)(H,70,79)(H,71,87)(H,72,83)(H,73,78)(H,74,80)/t32-,37-,38-,39-,40-,41-,42-,45-,46-,47-/m0/s1. The summed E-state index contributed by atoms with van der Waals surface area (Å²) in [6.45, 7) is 12.3. The number of nitrogens with one attached hydrogen (secondary N) is 12. The fourth-order valence-corrected chi connectivity index (χ4v) is 9.08. The quantitative estimate of drug-likeness (QED) is 0.0881. The molecule has 0 saturated heterocycles. The molecule has 0 saturated carbocycles. The average Bonchev–Trinajstić information content (AvgIpc) is 1.19. The number of hydrogen-bond donors (Lipinski definition) is 17. The van der Waals surface area contributed by atoms with Crippen LogP contribution in [0.1, 0.15) is 123 Å². The highest BCUT2D eigenvalue weighted by atomic mass is 16.5. The number of hydrogen-bond acceptors (Lipinski definition) is 18. The summed E-state index contributed by atoms with van der Waals surface area (Å²) in [5.74, 6) is -14.0. The Morgan fingerprint density at radius 1 is 0.578 bits per heavy atom. The third-order valence-electron chi connectivity index (χ3n) is 14.6. The molecule has 2 aromatic carbocycles. The first-order chi connectivity index (χ1) is 42.4. The van der Waals surface area contributed by atoms with Gasteiger partial charge in [0.25, 0.3) is 11.8 Å². The van der Waals surface area contributed by atoms with Crippen LogP contribution < -0.4 is 86.0 Å². The van der Waals surface area contributed by atoms with Crippen molar-refractivity contribution in [2.24, 2.45) is 40.9 Å². The molecule has 2 aromatic rings. The first kappa shape index (κ1) is 75.3. The number of amides is 13. The number of primary amides is 1. The molecule has 3 rings (SSSR count). The number of fused-ring (bicyclic) bond motifs is 2. The number of nitrogens with two attached hydrogens (primary N) is 3. The van der Waals surface area contributed by atoms with Crippen LogP contribution in [0.25, 0.3) is 0 Å². The maximum atomic E-state index is 14.3. The molecular weight excluding hydrogens is 1170 g/mol. The van der Waals surface area contributed by atoms with Crippen molar-refractivity contribution in [3.8, 4) is 11.5 Å². The lowest BCUT2D eigenvalue weighted by Crippen LogP contribution is -2.61. The summed E-state index contributed by atoms with van der Waals surface area (Å²) in [6, 6.07) is -2.67. The van der Waals surface area contributed by atoms with E-state index in [1.54, 1.807) is 55.4 Å². The number of aliphatic hydroxyl groups excluding tert-OH is 1. The smallest absolute Gasteiger partial charge is 0.313 e. The van der Waals surface area contributed by atoms with Crippen LogP contribution in [-0.4, -0.2) is 168 Å². The van der Waals surface area contributed by atoms with Crippen LogP contribution in [0, 0.1) is 23.7 Å². The number of phenolic OH excluding ortho intramolecular Hbond substituents is 1.